The van der Waals surface area contributed by atoms with E-state index in [4.69, 9.17) is 0 Å². The Morgan fingerprint density at radius 2 is 1.84 bits per heavy atom. The summed E-state index contributed by atoms with van der Waals surface area (Å²) in [6.07, 6.45) is 23.7. The molecule has 0 aliphatic heterocycles. The van der Waals surface area contributed by atoms with Crippen molar-refractivity contribution in [2.24, 2.45) is 0 Å². The topological polar surface area (TPSA) is 12.0 Å². The summed E-state index contributed by atoms with van der Waals surface area (Å²) < 4.78 is 0. The average Bonchev–Trinajstić information content (AvgIpc) is 2.65. The monoisotopic (exact) mass is 397 g/mol. The van der Waals surface area contributed by atoms with Gasteiger partial charge in [-0.15, -0.1) is 35.3 Å². The molecule has 0 aromatic carbocycles. The van der Waals surface area contributed by atoms with Crippen molar-refractivity contribution in [2.45, 2.75) is 58.4 Å². The van der Waals surface area contributed by atoms with Crippen LogP contribution >= 0.6 is 35.3 Å². The Labute approximate surface area is 168 Å². The molecular formula is C21H35NS3. The van der Waals surface area contributed by atoms with E-state index in [1.165, 1.54) is 46.8 Å². The van der Waals surface area contributed by atoms with E-state index in [1.54, 1.807) is 0 Å². The van der Waals surface area contributed by atoms with Crippen LogP contribution in [0.15, 0.2) is 45.1 Å². The van der Waals surface area contributed by atoms with Gasteiger partial charge in [-0.25, -0.2) is 0 Å². The van der Waals surface area contributed by atoms with E-state index < -0.39 is 0 Å². The zero-order chi connectivity index (χ0) is 18.3. The minimum Gasteiger partial charge on any atom is -0.309 e. The third kappa shape index (κ3) is 10.0. The zero-order valence-corrected chi connectivity index (χ0v) is 18.8. The van der Waals surface area contributed by atoms with Gasteiger partial charge in [-0.05, 0) is 43.6 Å². The Morgan fingerprint density at radius 3 is 2.44 bits per heavy atom. The predicted octanol–water partition coefficient (Wildman–Crippen LogP) is 7.01. The van der Waals surface area contributed by atoms with E-state index in [0.29, 0.717) is 0 Å². The van der Waals surface area contributed by atoms with Gasteiger partial charge in [0, 0.05) is 28.1 Å². The van der Waals surface area contributed by atoms with Gasteiger partial charge in [0.15, 0.2) is 0 Å². The molecule has 1 aliphatic carbocycles. The Bertz CT molecular complexity index is 472. The van der Waals surface area contributed by atoms with Crippen LogP contribution in [-0.4, -0.2) is 30.9 Å². The molecule has 1 N–H and O–H groups in total. The number of nitrogens with one attached hydrogen (secondary N) is 1. The molecule has 142 valence electrons. The van der Waals surface area contributed by atoms with Crippen molar-refractivity contribution in [3.05, 3.63) is 45.1 Å². The van der Waals surface area contributed by atoms with Gasteiger partial charge in [0.05, 0.1) is 0 Å². The molecule has 1 rings (SSSR count). The Morgan fingerprint density at radius 1 is 1.08 bits per heavy atom. The number of rotatable bonds is 11. The van der Waals surface area contributed by atoms with Gasteiger partial charge in [-0.3, -0.25) is 0 Å². The van der Waals surface area contributed by atoms with E-state index in [2.05, 4.69) is 62.1 Å². The molecule has 0 saturated heterocycles. The fraction of sp³-hybridized carbons (Fsp3) is 0.619. The highest BCUT2D eigenvalue weighted by Crippen LogP contribution is 2.31. The van der Waals surface area contributed by atoms with Crippen molar-refractivity contribution >= 4 is 35.3 Å². The van der Waals surface area contributed by atoms with Crippen LogP contribution in [0.2, 0.25) is 0 Å². The summed E-state index contributed by atoms with van der Waals surface area (Å²) in [7, 11) is 0. The summed E-state index contributed by atoms with van der Waals surface area (Å²) >= 11 is 5.63. The minimum absolute atomic E-state index is 0.733. The molecule has 0 spiro atoms. The fourth-order valence-electron chi connectivity index (χ4n) is 2.90. The number of allylic oxidation sites excluding steroid dienone is 4. The van der Waals surface area contributed by atoms with Gasteiger partial charge in [0.2, 0.25) is 0 Å². The predicted molar refractivity (Wildman–Crippen MR) is 124 cm³/mol. The molecule has 0 aromatic heterocycles. The third-order valence-electron chi connectivity index (χ3n) is 4.30. The molecule has 0 bridgehead atoms. The summed E-state index contributed by atoms with van der Waals surface area (Å²) in [4.78, 5) is 4.22. The first kappa shape index (κ1) is 23.0. The van der Waals surface area contributed by atoms with Crippen LogP contribution in [-0.2, 0) is 0 Å². The summed E-state index contributed by atoms with van der Waals surface area (Å²) in [5, 5.41) is 3.73. The van der Waals surface area contributed by atoms with Crippen LogP contribution in [0.25, 0.3) is 0 Å². The Balaban J connectivity index is 2.41. The second kappa shape index (κ2) is 15.1. The smallest absolute Gasteiger partial charge is 0.0267 e. The Hall–Kier alpha value is -0.0300. The molecule has 1 aliphatic rings. The van der Waals surface area contributed by atoms with Crippen molar-refractivity contribution in [3.63, 3.8) is 0 Å². The van der Waals surface area contributed by atoms with E-state index in [-0.39, 0.29) is 0 Å². The lowest BCUT2D eigenvalue weighted by Crippen LogP contribution is -2.32. The maximum atomic E-state index is 3.73. The lowest BCUT2D eigenvalue weighted by Gasteiger charge is -2.23. The summed E-state index contributed by atoms with van der Waals surface area (Å²) in [5.41, 5.74) is 0. The number of hydrogen-bond acceptors (Lipinski definition) is 4. The molecule has 0 amide bonds. The van der Waals surface area contributed by atoms with Crippen LogP contribution in [0, 0.1) is 0 Å². The van der Waals surface area contributed by atoms with Crippen LogP contribution in [0.1, 0.15) is 52.4 Å². The highest BCUT2D eigenvalue weighted by molar-refractivity contribution is 8.08. The molecular weight excluding hydrogens is 362 g/mol. The van der Waals surface area contributed by atoms with Gasteiger partial charge in [0.25, 0.3) is 0 Å². The molecule has 4 heteroatoms. The van der Waals surface area contributed by atoms with Gasteiger partial charge < -0.3 is 5.32 Å². The van der Waals surface area contributed by atoms with Gasteiger partial charge in [-0.2, -0.15) is 0 Å². The third-order valence-corrected chi connectivity index (χ3v) is 7.19. The molecule has 0 heterocycles. The van der Waals surface area contributed by atoms with Crippen molar-refractivity contribution in [1.29, 1.82) is 0 Å². The van der Waals surface area contributed by atoms with E-state index in [1.807, 2.05) is 35.3 Å². The molecule has 1 nitrogen and oxygen atoms in total. The van der Waals surface area contributed by atoms with Gasteiger partial charge in [0.1, 0.15) is 0 Å². The fourth-order valence-corrected chi connectivity index (χ4v) is 5.22. The average molecular weight is 398 g/mol. The van der Waals surface area contributed by atoms with Crippen LogP contribution in [0.4, 0.5) is 0 Å². The van der Waals surface area contributed by atoms with Crippen LogP contribution < -0.4 is 5.32 Å². The van der Waals surface area contributed by atoms with E-state index in [0.717, 1.165) is 24.8 Å². The van der Waals surface area contributed by atoms with Crippen molar-refractivity contribution in [1.82, 2.24) is 5.32 Å². The van der Waals surface area contributed by atoms with E-state index >= 15 is 0 Å². The standard InChI is InChI=1S/C21H35NS3/c1-5-12-21(20(6-2)24-4)25-16-11-10-15-19(23-3)17-22-18-13-8-7-9-14-18/h6,10-12,15,18,22H,5,7-9,13-14,16-17H2,1-4H3/b11-10+,19-15-,20-6-,21-12-. The lowest BCUT2D eigenvalue weighted by molar-refractivity contribution is 0.384. The van der Waals surface area contributed by atoms with Crippen LogP contribution in [0.5, 0.6) is 0 Å². The molecule has 25 heavy (non-hydrogen) atoms. The zero-order valence-electron chi connectivity index (χ0n) is 16.3. The Kier molecular flexibility index (Phi) is 13.9. The maximum absolute atomic E-state index is 3.73. The number of thioether (sulfide) groups is 3. The largest absolute Gasteiger partial charge is 0.309 e. The second-order valence-electron chi connectivity index (χ2n) is 6.13. The highest BCUT2D eigenvalue weighted by atomic mass is 32.2. The molecule has 0 atom stereocenters. The SMILES string of the molecule is C/C=C(SC)/C(=C/CC)SC/C=C/C=C(/CNC1CCCCC1)SC. The maximum Gasteiger partial charge on any atom is 0.0267 e. The molecule has 0 radical (unpaired) electrons. The van der Waals surface area contributed by atoms with E-state index in [9.17, 15) is 0 Å². The normalized spacial score (nSPS) is 18.3. The summed E-state index contributed by atoms with van der Waals surface area (Å²) in [5.74, 6) is 1.03. The van der Waals surface area contributed by atoms with Gasteiger partial charge in [-0.1, -0.05) is 56.6 Å². The molecule has 0 aromatic rings. The van der Waals surface area contributed by atoms with Gasteiger partial charge >= 0.3 is 0 Å². The first-order valence-electron chi connectivity index (χ1n) is 9.41. The molecule has 1 fully saturated rings. The second-order valence-corrected chi connectivity index (χ2v) is 8.97. The van der Waals surface area contributed by atoms with Crippen molar-refractivity contribution in [3.8, 4) is 0 Å². The van der Waals surface area contributed by atoms with Crippen molar-refractivity contribution < 1.29 is 0 Å². The quantitative estimate of drug-likeness (QED) is 0.376. The highest BCUT2D eigenvalue weighted by Gasteiger charge is 2.12. The summed E-state index contributed by atoms with van der Waals surface area (Å²) in [6.45, 7) is 5.34. The lowest BCUT2D eigenvalue weighted by atomic mass is 9.95. The molecule has 0 unspecified atom stereocenters. The van der Waals surface area contributed by atoms with Crippen LogP contribution in [0.3, 0.4) is 0 Å². The number of hydrogen-bond donors (Lipinski definition) is 1. The minimum atomic E-state index is 0.733. The summed E-state index contributed by atoms with van der Waals surface area (Å²) in [6, 6.07) is 0.733. The first-order valence-corrected chi connectivity index (χ1v) is 12.8. The van der Waals surface area contributed by atoms with Crippen molar-refractivity contribution in [2.75, 3.05) is 24.8 Å². The first-order chi connectivity index (χ1) is 12.2. The molecule has 1 saturated carbocycles.